The molecule has 0 aromatic heterocycles. The molecule has 0 bridgehead atoms. The molecule has 0 radical (unpaired) electrons. The summed E-state index contributed by atoms with van der Waals surface area (Å²) in [4.78, 5) is 0. The van der Waals surface area contributed by atoms with Gasteiger partial charge in [-0.15, -0.1) is 0 Å². The Labute approximate surface area is 90.0 Å². The van der Waals surface area contributed by atoms with Crippen molar-refractivity contribution >= 4 is 21.6 Å². The molecule has 0 unspecified atom stereocenters. The van der Waals surface area contributed by atoms with E-state index in [1.165, 1.54) is 12.1 Å². The molecule has 0 atom stereocenters. The maximum absolute atomic E-state index is 13.2. The molecule has 1 aromatic carbocycles. The van der Waals surface area contributed by atoms with Crippen molar-refractivity contribution in [3.63, 3.8) is 0 Å². The van der Waals surface area contributed by atoms with Gasteiger partial charge in [-0.1, -0.05) is 28.1 Å². The number of allylic oxidation sites excluding steroid dienone is 1. The first-order valence-electron chi connectivity index (χ1n) is 4.14. The van der Waals surface area contributed by atoms with Crippen LogP contribution >= 0.6 is 15.9 Å². The largest absolute Gasteiger partial charge is 0.377 e. The first-order valence-corrected chi connectivity index (χ1v) is 4.94. The minimum Gasteiger partial charge on any atom is -0.377 e. The predicted molar refractivity (Wildman–Crippen MR) is 57.4 cm³/mol. The Morgan fingerprint density at radius 3 is 2.43 bits per heavy atom. The Balaban J connectivity index is 2.85. The van der Waals surface area contributed by atoms with Crippen molar-refractivity contribution in [2.75, 3.05) is 11.9 Å². The fourth-order valence-electron chi connectivity index (χ4n) is 0.990. The number of halogens is 3. The summed E-state index contributed by atoms with van der Waals surface area (Å²) in [5.41, 5.74) is -0.0914. The Hall–Kier alpha value is -0.900. The smallest absolute Gasteiger partial charge is 0.150 e. The molecule has 0 aliphatic heterocycles. The molecular formula is C10H10BrF2N. The number of benzene rings is 1. The molecule has 1 nitrogen and oxygen atoms in total. The van der Waals surface area contributed by atoms with Crippen LogP contribution in [-0.4, -0.2) is 6.54 Å². The van der Waals surface area contributed by atoms with Gasteiger partial charge < -0.3 is 5.32 Å². The summed E-state index contributed by atoms with van der Waals surface area (Å²) in [6, 6.07) is 2.45. The highest BCUT2D eigenvalue weighted by atomic mass is 79.9. The van der Waals surface area contributed by atoms with E-state index in [0.717, 1.165) is 0 Å². The summed E-state index contributed by atoms with van der Waals surface area (Å²) in [6.45, 7) is 2.25. The number of rotatable bonds is 3. The third-order valence-electron chi connectivity index (χ3n) is 1.64. The van der Waals surface area contributed by atoms with E-state index in [9.17, 15) is 8.78 Å². The highest BCUT2D eigenvalue weighted by molar-refractivity contribution is 9.10. The maximum Gasteiger partial charge on any atom is 0.150 e. The zero-order chi connectivity index (χ0) is 10.6. The highest BCUT2D eigenvalue weighted by Crippen LogP contribution is 2.23. The van der Waals surface area contributed by atoms with E-state index in [1.807, 2.05) is 13.0 Å². The highest BCUT2D eigenvalue weighted by Gasteiger charge is 2.08. The van der Waals surface area contributed by atoms with Crippen molar-refractivity contribution in [3.05, 3.63) is 40.4 Å². The fourth-order valence-corrected chi connectivity index (χ4v) is 1.39. The average molecular weight is 262 g/mol. The molecule has 0 saturated carbocycles. The van der Waals surface area contributed by atoms with Gasteiger partial charge in [0, 0.05) is 11.0 Å². The van der Waals surface area contributed by atoms with Crippen LogP contribution in [-0.2, 0) is 0 Å². The van der Waals surface area contributed by atoms with Gasteiger partial charge in [0.2, 0.25) is 0 Å². The van der Waals surface area contributed by atoms with E-state index >= 15 is 0 Å². The normalized spacial score (nSPS) is 10.9. The summed E-state index contributed by atoms with van der Waals surface area (Å²) in [6.07, 6.45) is 3.59. The van der Waals surface area contributed by atoms with Crippen LogP contribution in [0.3, 0.4) is 0 Å². The van der Waals surface area contributed by atoms with Gasteiger partial charge in [-0.2, -0.15) is 0 Å². The zero-order valence-electron chi connectivity index (χ0n) is 7.65. The van der Waals surface area contributed by atoms with Crippen molar-refractivity contribution < 1.29 is 8.78 Å². The van der Waals surface area contributed by atoms with Gasteiger partial charge in [0.1, 0.15) is 17.3 Å². The average Bonchev–Trinajstić information content (AvgIpc) is 2.09. The lowest BCUT2D eigenvalue weighted by Crippen LogP contribution is -2.03. The molecule has 0 saturated heterocycles. The first-order chi connectivity index (χ1) is 6.65. The second-order valence-corrected chi connectivity index (χ2v) is 3.61. The summed E-state index contributed by atoms with van der Waals surface area (Å²) in [5.74, 6) is -1.19. The van der Waals surface area contributed by atoms with Gasteiger partial charge in [0.05, 0.1) is 0 Å². The number of nitrogens with one attached hydrogen (secondary N) is 1. The van der Waals surface area contributed by atoms with Gasteiger partial charge >= 0.3 is 0 Å². The molecule has 0 fully saturated rings. The molecule has 0 amide bonds. The van der Waals surface area contributed by atoms with Crippen LogP contribution in [0.1, 0.15) is 6.92 Å². The van der Waals surface area contributed by atoms with E-state index in [4.69, 9.17) is 0 Å². The van der Waals surface area contributed by atoms with Crippen LogP contribution in [0.4, 0.5) is 14.5 Å². The van der Waals surface area contributed by atoms with E-state index in [-0.39, 0.29) is 5.69 Å². The maximum atomic E-state index is 13.2. The number of hydrogen-bond acceptors (Lipinski definition) is 1. The van der Waals surface area contributed by atoms with Crippen LogP contribution in [0, 0.1) is 11.6 Å². The summed E-state index contributed by atoms with van der Waals surface area (Å²) < 4.78 is 26.8. The lowest BCUT2D eigenvalue weighted by atomic mass is 10.3. The van der Waals surface area contributed by atoms with E-state index < -0.39 is 11.6 Å². The Kier molecular flexibility index (Phi) is 4.07. The van der Waals surface area contributed by atoms with E-state index in [0.29, 0.717) is 11.0 Å². The molecule has 4 heteroatoms. The molecular weight excluding hydrogens is 252 g/mol. The minimum atomic E-state index is -0.596. The summed E-state index contributed by atoms with van der Waals surface area (Å²) in [5, 5.41) is 2.65. The monoisotopic (exact) mass is 261 g/mol. The minimum absolute atomic E-state index is 0.0914. The SMILES string of the molecule is C/C=C/CNc1c(F)cc(Br)cc1F. The predicted octanol–water partition coefficient (Wildman–Crippen LogP) is 3.72. The molecule has 76 valence electrons. The topological polar surface area (TPSA) is 12.0 Å². The molecule has 0 heterocycles. The van der Waals surface area contributed by atoms with Gasteiger partial charge in [-0.3, -0.25) is 0 Å². The van der Waals surface area contributed by atoms with Crippen LogP contribution in [0.5, 0.6) is 0 Å². The van der Waals surface area contributed by atoms with Gasteiger partial charge in [-0.05, 0) is 19.1 Å². The zero-order valence-corrected chi connectivity index (χ0v) is 9.24. The van der Waals surface area contributed by atoms with Crippen molar-refractivity contribution in [2.45, 2.75) is 6.92 Å². The standard InChI is InChI=1S/C10H10BrF2N/c1-2-3-4-14-10-8(12)5-7(11)6-9(10)13/h2-3,5-6,14H,4H2,1H3/b3-2+. The number of hydrogen-bond donors (Lipinski definition) is 1. The van der Waals surface area contributed by atoms with Crippen LogP contribution in [0.2, 0.25) is 0 Å². The lowest BCUT2D eigenvalue weighted by Gasteiger charge is -2.06. The second kappa shape index (κ2) is 5.10. The van der Waals surface area contributed by atoms with Gasteiger partial charge in [-0.25, -0.2) is 8.78 Å². The molecule has 0 aliphatic rings. The van der Waals surface area contributed by atoms with Crippen molar-refractivity contribution in [3.8, 4) is 0 Å². The Morgan fingerprint density at radius 2 is 1.93 bits per heavy atom. The van der Waals surface area contributed by atoms with Gasteiger partial charge in [0.15, 0.2) is 0 Å². The lowest BCUT2D eigenvalue weighted by molar-refractivity contribution is 0.587. The molecule has 14 heavy (non-hydrogen) atoms. The summed E-state index contributed by atoms with van der Waals surface area (Å²) in [7, 11) is 0. The van der Waals surface area contributed by atoms with Crippen LogP contribution in [0.25, 0.3) is 0 Å². The summed E-state index contributed by atoms with van der Waals surface area (Å²) >= 11 is 3.01. The fraction of sp³-hybridized carbons (Fsp3) is 0.200. The van der Waals surface area contributed by atoms with Gasteiger partial charge in [0.25, 0.3) is 0 Å². The first kappa shape index (κ1) is 11.2. The number of anilines is 1. The molecule has 1 rings (SSSR count). The second-order valence-electron chi connectivity index (χ2n) is 2.69. The molecule has 0 spiro atoms. The van der Waals surface area contributed by atoms with E-state index in [1.54, 1.807) is 6.08 Å². The van der Waals surface area contributed by atoms with Crippen LogP contribution in [0.15, 0.2) is 28.8 Å². The van der Waals surface area contributed by atoms with Crippen molar-refractivity contribution in [2.24, 2.45) is 0 Å². The Morgan fingerprint density at radius 1 is 1.36 bits per heavy atom. The van der Waals surface area contributed by atoms with E-state index in [2.05, 4.69) is 21.2 Å². The molecule has 1 aromatic rings. The third kappa shape index (κ3) is 2.80. The quantitative estimate of drug-likeness (QED) is 0.818. The van der Waals surface area contributed by atoms with Crippen molar-refractivity contribution in [1.82, 2.24) is 0 Å². The molecule has 0 aliphatic carbocycles. The Bertz CT molecular complexity index is 327. The molecule has 1 N–H and O–H groups in total. The van der Waals surface area contributed by atoms with Crippen molar-refractivity contribution in [1.29, 1.82) is 0 Å². The third-order valence-corrected chi connectivity index (χ3v) is 2.10. The van der Waals surface area contributed by atoms with Crippen LogP contribution < -0.4 is 5.32 Å².